The van der Waals surface area contributed by atoms with Gasteiger partial charge >= 0.3 is 11.9 Å². The van der Waals surface area contributed by atoms with Gasteiger partial charge in [0.2, 0.25) is 0 Å². The molecule has 0 radical (unpaired) electrons. The van der Waals surface area contributed by atoms with Gasteiger partial charge in [-0.05, 0) is 12.1 Å². The van der Waals surface area contributed by atoms with E-state index in [0.29, 0.717) is 6.54 Å². The number of rotatable bonds is 6. The highest BCUT2D eigenvalue weighted by Crippen LogP contribution is 2.03. The standard InChI is InChI=1S/C13H15NO4.2ClH/c1-17-12(15)7-8-13(16)18-10-9-14-11-5-3-2-4-6-11;;/h2-8,14H,9-10H2,1H3;2*1H/b8-7+;;. The van der Waals surface area contributed by atoms with Crippen LogP contribution in [-0.2, 0) is 19.1 Å². The van der Waals surface area contributed by atoms with Crippen LogP contribution >= 0.6 is 24.8 Å². The predicted molar refractivity (Wildman–Crippen MR) is 81.5 cm³/mol. The minimum atomic E-state index is -0.589. The molecule has 0 aliphatic rings. The Morgan fingerprint density at radius 2 is 1.70 bits per heavy atom. The summed E-state index contributed by atoms with van der Waals surface area (Å²) in [6.45, 7) is 0.723. The lowest BCUT2D eigenvalue weighted by atomic mass is 10.3. The fraction of sp³-hybridized carbons (Fsp3) is 0.231. The van der Waals surface area contributed by atoms with E-state index in [2.05, 4.69) is 10.1 Å². The molecule has 20 heavy (non-hydrogen) atoms. The number of carbonyl (C=O) groups excluding carboxylic acids is 2. The zero-order valence-electron chi connectivity index (χ0n) is 10.9. The van der Waals surface area contributed by atoms with Crippen LogP contribution in [0.3, 0.4) is 0 Å². The van der Waals surface area contributed by atoms with Gasteiger partial charge in [-0.2, -0.15) is 0 Å². The number of nitrogens with one attached hydrogen (secondary N) is 1. The highest BCUT2D eigenvalue weighted by molar-refractivity contribution is 5.91. The van der Waals surface area contributed by atoms with Crippen LogP contribution < -0.4 is 5.32 Å². The van der Waals surface area contributed by atoms with Gasteiger partial charge in [-0.3, -0.25) is 0 Å². The third kappa shape index (κ3) is 9.24. The van der Waals surface area contributed by atoms with Gasteiger partial charge < -0.3 is 14.8 Å². The smallest absolute Gasteiger partial charge is 0.331 e. The maximum Gasteiger partial charge on any atom is 0.331 e. The molecule has 0 amide bonds. The van der Waals surface area contributed by atoms with Crippen molar-refractivity contribution in [3.8, 4) is 0 Å². The van der Waals surface area contributed by atoms with Crippen LogP contribution in [0.1, 0.15) is 0 Å². The van der Waals surface area contributed by atoms with Crippen LogP contribution in [-0.4, -0.2) is 32.2 Å². The summed E-state index contributed by atoms with van der Waals surface area (Å²) in [5, 5.41) is 3.08. The molecule has 5 nitrogen and oxygen atoms in total. The molecule has 1 N–H and O–H groups in total. The number of hydrogen-bond donors (Lipinski definition) is 1. The van der Waals surface area contributed by atoms with Gasteiger partial charge in [0.15, 0.2) is 0 Å². The molecule has 0 spiro atoms. The highest BCUT2D eigenvalue weighted by atomic mass is 35.5. The van der Waals surface area contributed by atoms with E-state index in [0.717, 1.165) is 17.8 Å². The first-order valence-corrected chi connectivity index (χ1v) is 5.44. The van der Waals surface area contributed by atoms with Crippen LogP contribution in [0.25, 0.3) is 0 Å². The average Bonchev–Trinajstić information content (AvgIpc) is 2.42. The van der Waals surface area contributed by atoms with E-state index in [4.69, 9.17) is 4.74 Å². The molecule has 0 aliphatic heterocycles. The summed E-state index contributed by atoms with van der Waals surface area (Å²) >= 11 is 0. The molecule has 0 aliphatic carbocycles. The topological polar surface area (TPSA) is 64.6 Å². The number of esters is 2. The van der Waals surface area contributed by atoms with Crippen LogP contribution in [0.2, 0.25) is 0 Å². The predicted octanol–water partition coefficient (Wildman–Crippen LogP) is 2.21. The van der Waals surface area contributed by atoms with Crippen molar-refractivity contribution in [3.63, 3.8) is 0 Å². The highest BCUT2D eigenvalue weighted by Gasteiger charge is 1.99. The summed E-state index contributed by atoms with van der Waals surface area (Å²) in [5.41, 5.74) is 0.957. The minimum Gasteiger partial charge on any atom is -0.466 e. The van der Waals surface area contributed by atoms with E-state index in [9.17, 15) is 9.59 Å². The summed E-state index contributed by atoms with van der Waals surface area (Å²) in [7, 11) is 1.24. The second-order valence-electron chi connectivity index (χ2n) is 3.32. The van der Waals surface area contributed by atoms with E-state index in [-0.39, 0.29) is 31.4 Å². The lowest BCUT2D eigenvalue weighted by Crippen LogP contribution is -2.12. The van der Waals surface area contributed by atoms with Gasteiger partial charge in [-0.1, -0.05) is 18.2 Å². The van der Waals surface area contributed by atoms with Crippen molar-refractivity contribution in [1.29, 1.82) is 0 Å². The van der Waals surface area contributed by atoms with Crippen molar-refractivity contribution in [1.82, 2.24) is 0 Å². The van der Waals surface area contributed by atoms with E-state index in [1.807, 2.05) is 30.3 Å². The first-order valence-electron chi connectivity index (χ1n) is 5.44. The van der Waals surface area contributed by atoms with Crippen LogP contribution in [0, 0.1) is 0 Å². The van der Waals surface area contributed by atoms with Gasteiger partial charge in [0.1, 0.15) is 6.61 Å². The number of benzene rings is 1. The molecule has 112 valence electrons. The summed E-state index contributed by atoms with van der Waals surface area (Å²) in [6.07, 6.45) is 2.06. The molecule has 0 atom stereocenters. The van der Waals surface area contributed by atoms with E-state index >= 15 is 0 Å². The molecule has 0 saturated carbocycles. The first-order chi connectivity index (χ1) is 8.72. The number of para-hydroxylation sites is 1. The molecule has 0 aromatic heterocycles. The van der Waals surface area contributed by atoms with Gasteiger partial charge in [-0.25, -0.2) is 9.59 Å². The maximum atomic E-state index is 11.1. The second kappa shape index (κ2) is 12.3. The van der Waals surface area contributed by atoms with Crippen molar-refractivity contribution in [3.05, 3.63) is 42.5 Å². The third-order valence-electron chi connectivity index (χ3n) is 2.01. The fourth-order valence-electron chi connectivity index (χ4n) is 1.16. The molecule has 0 bridgehead atoms. The quantitative estimate of drug-likeness (QED) is 0.494. The van der Waals surface area contributed by atoms with Crippen LogP contribution in [0.5, 0.6) is 0 Å². The number of halogens is 2. The van der Waals surface area contributed by atoms with Crippen molar-refractivity contribution in [2.75, 3.05) is 25.6 Å². The zero-order valence-corrected chi connectivity index (χ0v) is 12.5. The third-order valence-corrected chi connectivity index (χ3v) is 2.01. The molecule has 0 fully saturated rings. The van der Waals surface area contributed by atoms with Crippen molar-refractivity contribution in [2.24, 2.45) is 0 Å². The van der Waals surface area contributed by atoms with Crippen LogP contribution in [0.15, 0.2) is 42.5 Å². The van der Waals surface area contributed by atoms with Crippen LogP contribution in [0.4, 0.5) is 5.69 Å². The Kier molecular flexibility index (Phi) is 12.7. The maximum absolute atomic E-state index is 11.1. The Hall–Kier alpha value is -1.72. The lowest BCUT2D eigenvalue weighted by Gasteiger charge is -2.05. The van der Waals surface area contributed by atoms with E-state index in [1.54, 1.807) is 0 Å². The SMILES string of the molecule is COC(=O)/C=C/C(=O)OCCNc1ccccc1.Cl.Cl. The van der Waals surface area contributed by atoms with Gasteiger partial charge in [-0.15, -0.1) is 24.8 Å². The monoisotopic (exact) mass is 321 g/mol. The second-order valence-corrected chi connectivity index (χ2v) is 3.32. The number of methoxy groups -OCH3 is 1. The lowest BCUT2D eigenvalue weighted by molar-refractivity contribution is -0.139. The Morgan fingerprint density at radius 3 is 2.30 bits per heavy atom. The molecular formula is C13H17Cl2NO4. The zero-order chi connectivity index (χ0) is 13.2. The summed E-state index contributed by atoms with van der Waals surface area (Å²) < 4.78 is 9.20. The van der Waals surface area contributed by atoms with Crippen molar-refractivity contribution < 1.29 is 19.1 Å². The van der Waals surface area contributed by atoms with Gasteiger partial charge in [0, 0.05) is 24.4 Å². The average molecular weight is 322 g/mol. The fourth-order valence-corrected chi connectivity index (χ4v) is 1.16. The van der Waals surface area contributed by atoms with Crippen molar-refractivity contribution >= 4 is 42.4 Å². The molecule has 0 heterocycles. The molecule has 0 unspecified atom stereocenters. The minimum absolute atomic E-state index is 0. The summed E-state index contributed by atoms with van der Waals surface area (Å²) in [5.74, 6) is -1.16. The first kappa shape index (κ1) is 20.6. The Morgan fingerprint density at radius 1 is 1.10 bits per heavy atom. The van der Waals surface area contributed by atoms with E-state index in [1.165, 1.54) is 7.11 Å². The number of anilines is 1. The largest absolute Gasteiger partial charge is 0.466 e. The van der Waals surface area contributed by atoms with E-state index < -0.39 is 11.9 Å². The summed E-state index contributed by atoms with van der Waals surface area (Å²) in [6, 6.07) is 9.57. The molecular weight excluding hydrogens is 305 g/mol. The number of hydrogen-bond acceptors (Lipinski definition) is 5. The van der Waals surface area contributed by atoms with Crippen molar-refractivity contribution in [2.45, 2.75) is 0 Å². The number of carbonyl (C=O) groups is 2. The van der Waals surface area contributed by atoms with Gasteiger partial charge in [0.25, 0.3) is 0 Å². The molecule has 1 aromatic carbocycles. The Bertz CT molecular complexity index is 424. The Labute approximate surface area is 130 Å². The molecule has 7 heteroatoms. The molecule has 0 saturated heterocycles. The number of ether oxygens (including phenoxy) is 2. The normalized spacial score (nSPS) is 9.05. The Balaban J connectivity index is 0. The summed E-state index contributed by atoms with van der Waals surface area (Å²) in [4.78, 5) is 21.8. The molecule has 1 rings (SSSR count). The van der Waals surface area contributed by atoms with Gasteiger partial charge in [0.05, 0.1) is 7.11 Å². The molecule has 1 aromatic rings.